The van der Waals surface area contributed by atoms with E-state index in [1.807, 2.05) is 24.3 Å². The number of nitrogens with one attached hydrogen (secondary N) is 1. The minimum Gasteiger partial charge on any atom is -0.492 e. The molecule has 4 nitrogen and oxygen atoms in total. The van der Waals surface area contributed by atoms with E-state index < -0.39 is 5.41 Å². The van der Waals surface area contributed by atoms with Crippen LogP contribution in [0.3, 0.4) is 0 Å². The van der Waals surface area contributed by atoms with Crippen molar-refractivity contribution in [2.45, 2.75) is 56.8 Å². The van der Waals surface area contributed by atoms with Gasteiger partial charge in [-0.05, 0) is 80.7 Å². The molecule has 2 aromatic carbocycles. The molecule has 2 aromatic rings. The molecule has 5 heteroatoms. The summed E-state index contributed by atoms with van der Waals surface area (Å²) < 4.78 is 19.3. The average molecular weight is 425 g/mol. The minimum absolute atomic E-state index is 0.00793. The van der Waals surface area contributed by atoms with Crippen molar-refractivity contribution in [2.75, 3.05) is 31.6 Å². The van der Waals surface area contributed by atoms with E-state index in [-0.39, 0.29) is 11.7 Å². The third kappa shape index (κ3) is 5.45. The van der Waals surface area contributed by atoms with E-state index in [0.717, 1.165) is 49.2 Å². The highest BCUT2D eigenvalue weighted by atomic mass is 19.1. The van der Waals surface area contributed by atoms with E-state index in [0.29, 0.717) is 6.61 Å². The smallest absolute Gasteiger partial charge is 0.235 e. The number of rotatable bonds is 7. The van der Waals surface area contributed by atoms with Gasteiger partial charge in [0, 0.05) is 12.2 Å². The number of anilines is 1. The molecule has 2 aliphatic rings. The van der Waals surface area contributed by atoms with Crippen LogP contribution in [0.1, 0.15) is 56.9 Å². The van der Waals surface area contributed by atoms with Crippen LogP contribution in [0.25, 0.3) is 0 Å². The highest BCUT2D eigenvalue weighted by Crippen LogP contribution is 2.42. The van der Waals surface area contributed by atoms with Crippen LogP contribution < -0.4 is 10.1 Å². The first kappa shape index (κ1) is 21.8. The van der Waals surface area contributed by atoms with Gasteiger partial charge in [-0.25, -0.2) is 4.39 Å². The maximum Gasteiger partial charge on any atom is 0.235 e. The molecule has 0 unspecified atom stereocenters. The summed E-state index contributed by atoms with van der Waals surface area (Å²) in [6.07, 6.45) is 8.86. The summed E-state index contributed by atoms with van der Waals surface area (Å²) in [6.45, 7) is 3.98. The maximum absolute atomic E-state index is 13.4. The van der Waals surface area contributed by atoms with Gasteiger partial charge in [0.05, 0.1) is 5.41 Å². The van der Waals surface area contributed by atoms with Crippen molar-refractivity contribution in [3.8, 4) is 5.75 Å². The number of hydrogen-bond donors (Lipinski definition) is 1. The van der Waals surface area contributed by atoms with E-state index in [2.05, 4.69) is 10.2 Å². The molecule has 0 aromatic heterocycles. The molecule has 166 valence electrons. The fourth-order valence-electron chi connectivity index (χ4n) is 4.93. The number of carbonyl (C=O) groups is 1. The van der Waals surface area contributed by atoms with Crippen LogP contribution in [0.15, 0.2) is 48.5 Å². The molecule has 1 N–H and O–H groups in total. The van der Waals surface area contributed by atoms with Crippen molar-refractivity contribution in [3.05, 3.63) is 59.9 Å². The fraction of sp³-hybridized carbons (Fsp3) is 0.500. The zero-order chi connectivity index (χ0) is 21.5. The van der Waals surface area contributed by atoms with Gasteiger partial charge in [0.25, 0.3) is 0 Å². The van der Waals surface area contributed by atoms with Crippen molar-refractivity contribution in [1.29, 1.82) is 0 Å². The summed E-state index contributed by atoms with van der Waals surface area (Å²) in [5.74, 6) is 0.539. The van der Waals surface area contributed by atoms with Gasteiger partial charge in [-0.15, -0.1) is 0 Å². The van der Waals surface area contributed by atoms with Gasteiger partial charge < -0.3 is 10.1 Å². The highest BCUT2D eigenvalue weighted by Gasteiger charge is 2.42. The molecule has 1 aliphatic carbocycles. The fourth-order valence-corrected chi connectivity index (χ4v) is 4.93. The first-order valence-corrected chi connectivity index (χ1v) is 11.7. The Hall–Kier alpha value is -2.40. The molecule has 31 heavy (non-hydrogen) atoms. The van der Waals surface area contributed by atoms with E-state index in [1.54, 1.807) is 12.1 Å². The molecular formula is C26H33FN2O2. The second-order valence-corrected chi connectivity index (χ2v) is 8.88. The van der Waals surface area contributed by atoms with Gasteiger partial charge >= 0.3 is 0 Å². The highest BCUT2D eigenvalue weighted by molar-refractivity contribution is 5.99. The summed E-state index contributed by atoms with van der Waals surface area (Å²) in [4.78, 5) is 15.7. The Morgan fingerprint density at radius 3 is 2.19 bits per heavy atom. The number of likely N-dealkylation sites (tertiary alicyclic amines) is 1. The molecule has 0 spiro atoms. The average Bonchev–Trinajstić information content (AvgIpc) is 3.15. The van der Waals surface area contributed by atoms with Crippen molar-refractivity contribution in [1.82, 2.24) is 4.90 Å². The van der Waals surface area contributed by atoms with Gasteiger partial charge in [-0.2, -0.15) is 0 Å². The van der Waals surface area contributed by atoms with Crippen molar-refractivity contribution in [3.63, 3.8) is 0 Å². The van der Waals surface area contributed by atoms with Gasteiger partial charge in [-0.1, -0.05) is 37.8 Å². The molecule has 1 amide bonds. The van der Waals surface area contributed by atoms with Gasteiger partial charge in [0.2, 0.25) is 5.91 Å². The Morgan fingerprint density at radius 1 is 0.903 bits per heavy atom. The second kappa shape index (κ2) is 10.3. The Labute approximate surface area is 184 Å². The number of halogens is 1. The largest absolute Gasteiger partial charge is 0.492 e. The number of nitrogens with zero attached hydrogens (tertiary/aromatic N) is 1. The van der Waals surface area contributed by atoms with Crippen LogP contribution >= 0.6 is 0 Å². The normalized spacial score (nSPS) is 19.0. The molecule has 1 saturated heterocycles. The topological polar surface area (TPSA) is 41.6 Å². The Kier molecular flexibility index (Phi) is 7.23. The van der Waals surface area contributed by atoms with Crippen LogP contribution in [0.5, 0.6) is 5.75 Å². The zero-order valence-corrected chi connectivity index (χ0v) is 18.2. The van der Waals surface area contributed by atoms with Crippen molar-refractivity contribution < 1.29 is 13.9 Å². The molecule has 0 atom stereocenters. The standard InChI is InChI=1S/C26H33FN2O2/c27-22-9-7-21(8-10-22)26(15-3-4-16-26)25(30)28-23-11-13-24(14-12-23)31-20-19-29-17-5-1-2-6-18-29/h7-14H,1-6,15-20H2,(H,28,30). The van der Waals surface area contributed by atoms with Crippen molar-refractivity contribution >= 4 is 11.6 Å². The lowest BCUT2D eigenvalue weighted by Gasteiger charge is -2.28. The van der Waals surface area contributed by atoms with E-state index in [1.165, 1.54) is 50.9 Å². The molecule has 0 bridgehead atoms. The lowest BCUT2D eigenvalue weighted by atomic mass is 9.78. The minimum atomic E-state index is -0.573. The first-order valence-electron chi connectivity index (χ1n) is 11.7. The summed E-state index contributed by atoms with van der Waals surface area (Å²) in [5.41, 5.74) is 1.09. The third-order valence-corrected chi connectivity index (χ3v) is 6.78. The molecule has 1 saturated carbocycles. The SMILES string of the molecule is O=C(Nc1ccc(OCCN2CCCCCC2)cc1)C1(c2ccc(F)cc2)CCCC1. The first-order chi connectivity index (χ1) is 15.2. The number of amides is 1. The number of benzene rings is 2. The Balaban J connectivity index is 1.33. The molecule has 2 fully saturated rings. The lowest BCUT2D eigenvalue weighted by molar-refractivity contribution is -0.121. The predicted molar refractivity (Wildman–Crippen MR) is 122 cm³/mol. The van der Waals surface area contributed by atoms with E-state index in [9.17, 15) is 9.18 Å². The second-order valence-electron chi connectivity index (χ2n) is 8.88. The van der Waals surface area contributed by atoms with Crippen LogP contribution in [0.2, 0.25) is 0 Å². The third-order valence-electron chi connectivity index (χ3n) is 6.78. The van der Waals surface area contributed by atoms with Crippen molar-refractivity contribution in [2.24, 2.45) is 0 Å². The van der Waals surface area contributed by atoms with E-state index in [4.69, 9.17) is 4.74 Å². The lowest BCUT2D eigenvalue weighted by Crippen LogP contribution is -2.38. The predicted octanol–water partition coefficient (Wildman–Crippen LogP) is 5.53. The molecule has 1 aliphatic heterocycles. The molecule has 0 radical (unpaired) electrons. The van der Waals surface area contributed by atoms with Gasteiger partial charge in [0.15, 0.2) is 0 Å². The van der Waals surface area contributed by atoms with Crippen LogP contribution in [-0.2, 0) is 10.2 Å². The van der Waals surface area contributed by atoms with E-state index >= 15 is 0 Å². The molecule has 1 heterocycles. The quantitative estimate of drug-likeness (QED) is 0.635. The van der Waals surface area contributed by atoms with Crippen LogP contribution in [0.4, 0.5) is 10.1 Å². The summed E-state index contributed by atoms with van der Waals surface area (Å²) in [6, 6.07) is 14.0. The summed E-state index contributed by atoms with van der Waals surface area (Å²) >= 11 is 0. The monoisotopic (exact) mass is 424 g/mol. The van der Waals surface area contributed by atoms with Gasteiger partial charge in [0.1, 0.15) is 18.2 Å². The summed E-state index contributed by atoms with van der Waals surface area (Å²) in [5, 5.41) is 3.08. The maximum atomic E-state index is 13.4. The Morgan fingerprint density at radius 2 is 1.55 bits per heavy atom. The number of hydrogen-bond acceptors (Lipinski definition) is 3. The summed E-state index contributed by atoms with van der Waals surface area (Å²) in [7, 11) is 0. The molecule has 4 rings (SSSR count). The number of carbonyl (C=O) groups excluding carboxylic acids is 1. The van der Waals surface area contributed by atoms with Crippen LogP contribution in [-0.4, -0.2) is 37.0 Å². The van der Waals surface area contributed by atoms with Gasteiger partial charge in [-0.3, -0.25) is 9.69 Å². The van der Waals surface area contributed by atoms with Crippen LogP contribution in [0, 0.1) is 5.82 Å². The Bertz CT molecular complexity index is 837. The zero-order valence-electron chi connectivity index (χ0n) is 18.2. The molecular weight excluding hydrogens is 391 g/mol. The number of ether oxygens (including phenoxy) is 1.